The second kappa shape index (κ2) is 5.52. The average molecular weight is 438 g/mol. The molecular weight excluding hydrogens is 432 g/mol. The summed E-state index contributed by atoms with van der Waals surface area (Å²) in [5.41, 5.74) is 1.33. The normalized spacial score (nSPS) is 10.8. The molecule has 6 heteroatoms. The summed E-state index contributed by atoms with van der Waals surface area (Å²) in [6.45, 7) is 7.25. The SMILES string of the molecule is [C-]#[N+]c1nc2c3ccc(Br)cc3c3cc(Br)ccc3c2nc1C#N. The molecule has 3 aromatic carbocycles. The van der Waals surface area contributed by atoms with Crippen molar-refractivity contribution < 1.29 is 0 Å². The largest absolute Gasteiger partial charge is 0.358 e. The molecule has 0 unspecified atom stereocenters. The van der Waals surface area contributed by atoms with Gasteiger partial charge in [-0.25, -0.2) is 4.98 Å². The topological polar surface area (TPSA) is 53.9 Å². The first-order valence-electron chi connectivity index (χ1n) is 6.92. The first-order chi connectivity index (χ1) is 11.6. The summed E-state index contributed by atoms with van der Waals surface area (Å²) in [6.07, 6.45) is 0. The lowest BCUT2D eigenvalue weighted by atomic mass is 9.99. The number of rotatable bonds is 0. The van der Waals surface area contributed by atoms with Crippen molar-refractivity contribution in [2.45, 2.75) is 0 Å². The Bertz CT molecular complexity index is 1150. The lowest BCUT2D eigenvalue weighted by Gasteiger charge is -2.09. The Morgan fingerprint density at radius 1 is 0.875 bits per heavy atom. The van der Waals surface area contributed by atoms with E-state index in [2.05, 4.69) is 46.7 Å². The first kappa shape index (κ1) is 15.0. The molecule has 0 bridgehead atoms. The zero-order valence-electron chi connectivity index (χ0n) is 12.0. The molecule has 0 amide bonds. The molecule has 4 aromatic rings. The van der Waals surface area contributed by atoms with Crippen LogP contribution in [0.4, 0.5) is 5.82 Å². The third kappa shape index (κ3) is 2.16. The predicted molar refractivity (Wildman–Crippen MR) is 101 cm³/mol. The lowest BCUT2D eigenvalue weighted by molar-refractivity contribution is 1.27. The van der Waals surface area contributed by atoms with Crippen LogP contribution in [0.5, 0.6) is 0 Å². The highest BCUT2D eigenvalue weighted by molar-refractivity contribution is 9.10. The van der Waals surface area contributed by atoms with E-state index in [1.807, 2.05) is 42.5 Å². The highest BCUT2D eigenvalue weighted by Gasteiger charge is 2.17. The van der Waals surface area contributed by atoms with E-state index in [0.717, 1.165) is 30.5 Å². The van der Waals surface area contributed by atoms with Crippen LogP contribution in [0.3, 0.4) is 0 Å². The van der Waals surface area contributed by atoms with Crippen molar-refractivity contribution in [3.63, 3.8) is 0 Å². The van der Waals surface area contributed by atoms with Crippen LogP contribution in [-0.4, -0.2) is 9.97 Å². The average Bonchev–Trinajstić information content (AvgIpc) is 2.60. The van der Waals surface area contributed by atoms with Crippen LogP contribution in [0.2, 0.25) is 0 Å². The number of nitriles is 1. The maximum absolute atomic E-state index is 9.27. The van der Waals surface area contributed by atoms with Crippen LogP contribution in [0.25, 0.3) is 37.4 Å². The van der Waals surface area contributed by atoms with Crippen molar-refractivity contribution in [1.82, 2.24) is 9.97 Å². The lowest BCUT2D eigenvalue weighted by Crippen LogP contribution is -1.93. The third-order valence-electron chi connectivity index (χ3n) is 3.85. The first-order valence-corrected chi connectivity index (χ1v) is 8.51. The van der Waals surface area contributed by atoms with Gasteiger partial charge in [-0.15, -0.1) is 4.98 Å². The van der Waals surface area contributed by atoms with Gasteiger partial charge in [0.1, 0.15) is 11.6 Å². The molecule has 24 heavy (non-hydrogen) atoms. The van der Waals surface area contributed by atoms with Crippen LogP contribution in [0, 0.1) is 17.9 Å². The number of fused-ring (bicyclic) bond motifs is 6. The summed E-state index contributed by atoms with van der Waals surface area (Å²) >= 11 is 7.02. The zero-order valence-corrected chi connectivity index (χ0v) is 15.2. The van der Waals surface area contributed by atoms with Gasteiger partial charge in [0.25, 0.3) is 0 Å². The van der Waals surface area contributed by atoms with Crippen LogP contribution < -0.4 is 0 Å². The molecule has 0 fully saturated rings. The molecule has 0 spiro atoms. The van der Waals surface area contributed by atoms with Gasteiger partial charge in [0.15, 0.2) is 11.2 Å². The summed E-state index contributed by atoms with van der Waals surface area (Å²) < 4.78 is 1.92. The molecule has 4 rings (SSSR count). The molecule has 0 aliphatic carbocycles. The number of aromatic nitrogens is 2. The number of benzene rings is 3. The Morgan fingerprint density at radius 2 is 1.42 bits per heavy atom. The Kier molecular flexibility index (Phi) is 3.45. The highest BCUT2D eigenvalue weighted by Crippen LogP contribution is 2.37. The minimum absolute atomic E-state index is 0.0330. The van der Waals surface area contributed by atoms with Gasteiger partial charge < -0.3 is 4.85 Å². The molecule has 1 aromatic heterocycles. The number of halogens is 2. The number of hydrogen-bond donors (Lipinski definition) is 0. The Hall–Kier alpha value is -2.54. The van der Waals surface area contributed by atoms with Crippen molar-refractivity contribution in [3.05, 3.63) is 62.5 Å². The number of hydrogen-bond acceptors (Lipinski definition) is 3. The van der Waals surface area contributed by atoms with Crippen LogP contribution >= 0.6 is 31.9 Å². The van der Waals surface area contributed by atoms with Gasteiger partial charge in [0, 0.05) is 19.7 Å². The Labute approximate surface area is 153 Å². The van der Waals surface area contributed by atoms with Gasteiger partial charge in [-0.3, -0.25) is 0 Å². The summed E-state index contributed by atoms with van der Waals surface area (Å²) in [6, 6.07) is 13.8. The quantitative estimate of drug-likeness (QED) is 0.255. The predicted octanol–water partition coefficient (Wildman–Crippen LogP) is 5.88. The molecule has 4 nitrogen and oxygen atoms in total. The van der Waals surface area contributed by atoms with Crippen molar-refractivity contribution in [3.8, 4) is 6.07 Å². The molecule has 0 N–H and O–H groups in total. The maximum atomic E-state index is 9.27. The van der Waals surface area contributed by atoms with Crippen molar-refractivity contribution >= 4 is 70.3 Å². The van der Waals surface area contributed by atoms with Crippen molar-refractivity contribution in [2.24, 2.45) is 0 Å². The van der Waals surface area contributed by atoms with E-state index in [-0.39, 0.29) is 11.5 Å². The van der Waals surface area contributed by atoms with E-state index in [1.54, 1.807) is 0 Å². The molecule has 1 heterocycles. The molecule has 0 saturated heterocycles. The molecule has 0 saturated carbocycles. The molecule has 112 valence electrons. The number of nitrogens with zero attached hydrogens (tertiary/aromatic N) is 4. The van der Waals surface area contributed by atoms with Gasteiger partial charge in [-0.05, 0) is 41.1 Å². The molecule has 0 aliphatic rings. The van der Waals surface area contributed by atoms with E-state index >= 15 is 0 Å². The van der Waals surface area contributed by atoms with E-state index in [4.69, 9.17) is 6.57 Å². The standard InChI is InChI=1S/C18H6Br2N4/c1-22-18-15(8-21)23-16-11-4-2-9(19)6-13(11)14-7-10(20)3-5-12(14)17(16)24-18/h2-7H. The van der Waals surface area contributed by atoms with Crippen molar-refractivity contribution in [1.29, 1.82) is 5.26 Å². The fourth-order valence-electron chi connectivity index (χ4n) is 2.85. The monoisotopic (exact) mass is 436 g/mol. The summed E-state index contributed by atoms with van der Waals surface area (Å²) in [5.74, 6) is 0.0330. The fraction of sp³-hybridized carbons (Fsp3) is 0. The minimum Gasteiger partial charge on any atom is -0.358 e. The highest BCUT2D eigenvalue weighted by atomic mass is 79.9. The summed E-state index contributed by atoms with van der Waals surface area (Å²) in [4.78, 5) is 12.2. The van der Waals surface area contributed by atoms with Crippen LogP contribution in [0.15, 0.2) is 45.3 Å². The zero-order chi connectivity index (χ0) is 16.8. The summed E-state index contributed by atoms with van der Waals surface area (Å²) in [5, 5.41) is 13.1. The van der Waals surface area contributed by atoms with Crippen molar-refractivity contribution in [2.75, 3.05) is 0 Å². The Balaban J connectivity index is 2.37. The van der Waals surface area contributed by atoms with Gasteiger partial charge in [0.2, 0.25) is 0 Å². The molecule has 0 radical (unpaired) electrons. The van der Waals surface area contributed by atoms with Crippen LogP contribution in [-0.2, 0) is 0 Å². The van der Waals surface area contributed by atoms with Gasteiger partial charge >= 0.3 is 5.82 Å². The van der Waals surface area contributed by atoms with Gasteiger partial charge in [-0.1, -0.05) is 44.5 Å². The third-order valence-corrected chi connectivity index (χ3v) is 4.84. The maximum Gasteiger partial charge on any atom is 0.307 e. The second-order valence-electron chi connectivity index (χ2n) is 5.20. The van der Waals surface area contributed by atoms with E-state index in [1.165, 1.54) is 0 Å². The fourth-order valence-corrected chi connectivity index (χ4v) is 3.57. The van der Waals surface area contributed by atoms with Gasteiger partial charge in [0.05, 0.1) is 0 Å². The second-order valence-corrected chi connectivity index (χ2v) is 7.03. The van der Waals surface area contributed by atoms with E-state index < -0.39 is 0 Å². The molecular formula is C18H6Br2N4. The van der Waals surface area contributed by atoms with Crippen LogP contribution in [0.1, 0.15) is 5.69 Å². The molecule has 0 aliphatic heterocycles. The van der Waals surface area contributed by atoms with Gasteiger partial charge in [-0.2, -0.15) is 5.26 Å². The van der Waals surface area contributed by atoms with E-state index in [9.17, 15) is 5.26 Å². The van der Waals surface area contributed by atoms with E-state index in [0.29, 0.717) is 11.0 Å². The Morgan fingerprint density at radius 3 is 1.92 bits per heavy atom. The smallest absolute Gasteiger partial charge is 0.307 e. The minimum atomic E-state index is 0.0330. The summed E-state index contributed by atoms with van der Waals surface area (Å²) in [7, 11) is 0. The molecule has 0 atom stereocenters.